The molecule has 26 heavy (non-hydrogen) atoms. The fourth-order valence-electron chi connectivity index (χ4n) is 4.55. The molecular weight excluding hydrogens is 324 g/mol. The van der Waals surface area contributed by atoms with E-state index in [0.717, 1.165) is 18.4 Å². The Labute approximate surface area is 157 Å². The standard InChI is InChI=1S/C22H32N2O2/c1-17(18-11-7-6-8-12-18)24-20(25)15-16-22(24,2)21(26)23-19-13-9-4-3-5-10-14-19/h6-8,11-12,17,19H,3-5,9-10,13-16H2,1-2H3,(H,23,26)/t17-,22-/m0/s1. The molecule has 1 aromatic carbocycles. The fraction of sp³-hybridized carbons (Fsp3) is 0.636. The molecule has 1 saturated carbocycles. The summed E-state index contributed by atoms with van der Waals surface area (Å²) in [6, 6.07) is 10.2. The molecule has 1 aliphatic carbocycles. The Balaban J connectivity index is 1.75. The molecule has 0 unspecified atom stereocenters. The number of rotatable bonds is 4. The molecule has 1 N–H and O–H groups in total. The lowest BCUT2D eigenvalue weighted by atomic mass is 9.92. The highest BCUT2D eigenvalue weighted by Gasteiger charge is 2.49. The van der Waals surface area contributed by atoms with Crippen LogP contribution in [0.4, 0.5) is 0 Å². The number of hydrogen-bond acceptors (Lipinski definition) is 2. The number of likely N-dealkylation sites (tertiary alicyclic amines) is 1. The average molecular weight is 357 g/mol. The van der Waals surface area contributed by atoms with Gasteiger partial charge >= 0.3 is 0 Å². The molecule has 1 aromatic rings. The van der Waals surface area contributed by atoms with Gasteiger partial charge in [0.15, 0.2) is 0 Å². The lowest BCUT2D eigenvalue weighted by Gasteiger charge is -2.39. The molecule has 0 radical (unpaired) electrons. The minimum absolute atomic E-state index is 0.0247. The zero-order valence-corrected chi connectivity index (χ0v) is 16.2. The Bertz CT molecular complexity index is 622. The summed E-state index contributed by atoms with van der Waals surface area (Å²) >= 11 is 0. The van der Waals surface area contributed by atoms with E-state index in [1.807, 2.05) is 49.1 Å². The minimum atomic E-state index is -0.755. The van der Waals surface area contributed by atoms with Crippen LogP contribution in [0, 0.1) is 0 Å². The second kappa shape index (κ2) is 8.24. The minimum Gasteiger partial charge on any atom is -0.351 e. The molecule has 1 aliphatic heterocycles. The Hall–Kier alpha value is -1.84. The second-order valence-corrected chi connectivity index (χ2v) is 8.14. The number of nitrogens with one attached hydrogen (secondary N) is 1. The number of nitrogens with zero attached hydrogens (tertiary/aromatic N) is 1. The lowest BCUT2D eigenvalue weighted by molar-refractivity contribution is -0.143. The van der Waals surface area contributed by atoms with Crippen LogP contribution in [-0.4, -0.2) is 28.3 Å². The van der Waals surface area contributed by atoms with Crippen molar-refractivity contribution in [1.82, 2.24) is 10.2 Å². The Morgan fingerprint density at radius 2 is 1.73 bits per heavy atom. The van der Waals surface area contributed by atoms with Crippen molar-refractivity contribution in [3.05, 3.63) is 35.9 Å². The summed E-state index contributed by atoms with van der Waals surface area (Å²) in [7, 11) is 0. The van der Waals surface area contributed by atoms with E-state index in [-0.39, 0.29) is 23.9 Å². The molecule has 0 aromatic heterocycles. The number of benzene rings is 1. The zero-order valence-electron chi connectivity index (χ0n) is 16.2. The third kappa shape index (κ3) is 3.94. The van der Waals surface area contributed by atoms with Crippen LogP contribution in [0.15, 0.2) is 30.3 Å². The normalized spacial score (nSPS) is 26.2. The quantitative estimate of drug-likeness (QED) is 0.871. The van der Waals surface area contributed by atoms with Crippen LogP contribution in [0.1, 0.15) is 83.2 Å². The second-order valence-electron chi connectivity index (χ2n) is 8.14. The Kier molecular flexibility index (Phi) is 6.00. The molecule has 2 fully saturated rings. The van der Waals surface area contributed by atoms with E-state index in [0.29, 0.717) is 12.8 Å². The molecule has 1 heterocycles. The number of hydrogen-bond donors (Lipinski definition) is 1. The van der Waals surface area contributed by atoms with Gasteiger partial charge in [-0.25, -0.2) is 0 Å². The van der Waals surface area contributed by atoms with Crippen molar-refractivity contribution in [2.45, 2.75) is 89.3 Å². The molecule has 0 spiro atoms. The third-order valence-electron chi connectivity index (χ3n) is 6.22. The smallest absolute Gasteiger partial charge is 0.245 e. The van der Waals surface area contributed by atoms with Gasteiger partial charge in [0, 0.05) is 12.5 Å². The van der Waals surface area contributed by atoms with Crippen molar-refractivity contribution in [3.63, 3.8) is 0 Å². The highest BCUT2D eigenvalue weighted by Crippen LogP contribution is 2.38. The van der Waals surface area contributed by atoms with Crippen LogP contribution in [0.25, 0.3) is 0 Å². The molecule has 142 valence electrons. The maximum atomic E-state index is 13.2. The molecule has 4 heteroatoms. The van der Waals surface area contributed by atoms with Crippen molar-refractivity contribution in [1.29, 1.82) is 0 Å². The van der Waals surface area contributed by atoms with E-state index in [1.165, 1.54) is 32.1 Å². The Morgan fingerprint density at radius 3 is 2.38 bits per heavy atom. The van der Waals surface area contributed by atoms with E-state index in [1.54, 1.807) is 0 Å². The molecule has 2 aliphatic rings. The lowest BCUT2D eigenvalue weighted by Crippen LogP contribution is -2.57. The topological polar surface area (TPSA) is 49.4 Å². The third-order valence-corrected chi connectivity index (χ3v) is 6.22. The SMILES string of the molecule is C[C@@H](c1ccccc1)N1C(=O)CC[C@@]1(C)C(=O)NC1CCCCCCC1. The van der Waals surface area contributed by atoms with Crippen LogP contribution in [-0.2, 0) is 9.59 Å². The molecule has 0 bridgehead atoms. The average Bonchev–Trinajstić information content (AvgIpc) is 2.93. The summed E-state index contributed by atoms with van der Waals surface area (Å²) in [5, 5.41) is 3.29. The Morgan fingerprint density at radius 1 is 1.12 bits per heavy atom. The molecular formula is C22H32N2O2. The largest absolute Gasteiger partial charge is 0.351 e. The van der Waals surface area contributed by atoms with Gasteiger partial charge in [-0.3, -0.25) is 9.59 Å². The number of amides is 2. The predicted molar refractivity (Wildman–Crippen MR) is 104 cm³/mol. The van der Waals surface area contributed by atoms with Crippen LogP contribution >= 0.6 is 0 Å². The first-order valence-electron chi connectivity index (χ1n) is 10.2. The summed E-state index contributed by atoms with van der Waals surface area (Å²) in [5.41, 5.74) is 0.321. The summed E-state index contributed by atoms with van der Waals surface area (Å²) in [4.78, 5) is 27.7. The van der Waals surface area contributed by atoms with Gasteiger partial charge in [0.05, 0.1) is 6.04 Å². The molecule has 2 atom stereocenters. The van der Waals surface area contributed by atoms with Crippen molar-refractivity contribution in [2.75, 3.05) is 0 Å². The van der Waals surface area contributed by atoms with Crippen molar-refractivity contribution < 1.29 is 9.59 Å². The highest BCUT2D eigenvalue weighted by atomic mass is 16.2. The van der Waals surface area contributed by atoms with E-state index in [9.17, 15) is 9.59 Å². The summed E-state index contributed by atoms with van der Waals surface area (Å²) in [6.45, 7) is 3.97. The van der Waals surface area contributed by atoms with Gasteiger partial charge in [-0.2, -0.15) is 0 Å². The molecule has 3 rings (SSSR count). The fourth-order valence-corrected chi connectivity index (χ4v) is 4.55. The molecule has 2 amide bonds. The van der Waals surface area contributed by atoms with E-state index < -0.39 is 5.54 Å². The van der Waals surface area contributed by atoms with Gasteiger partial charge in [-0.15, -0.1) is 0 Å². The first kappa shape index (κ1) is 18.9. The molecule has 1 saturated heterocycles. The van der Waals surface area contributed by atoms with Crippen LogP contribution in [0.5, 0.6) is 0 Å². The van der Waals surface area contributed by atoms with Crippen molar-refractivity contribution >= 4 is 11.8 Å². The first-order chi connectivity index (χ1) is 12.5. The van der Waals surface area contributed by atoms with Gasteiger partial charge in [0.1, 0.15) is 5.54 Å². The van der Waals surface area contributed by atoms with E-state index in [4.69, 9.17) is 0 Å². The maximum Gasteiger partial charge on any atom is 0.245 e. The van der Waals surface area contributed by atoms with Crippen LogP contribution in [0.2, 0.25) is 0 Å². The van der Waals surface area contributed by atoms with Crippen LogP contribution in [0.3, 0.4) is 0 Å². The van der Waals surface area contributed by atoms with Gasteiger partial charge in [-0.1, -0.05) is 62.4 Å². The van der Waals surface area contributed by atoms with Crippen LogP contribution < -0.4 is 5.32 Å². The summed E-state index contributed by atoms with van der Waals surface area (Å²) < 4.78 is 0. The monoisotopic (exact) mass is 356 g/mol. The highest BCUT2D eigenvalue weighted by molar-refractivity contribution is 5.94. The van der Waals surface area contributed by atoms with Gasteiger partial charge in [0.2, 0.25) is 11.8 Å². The number of carbonyl (C=O) groups excluding carboxylic acids is 2. The molecule has 4 nitrogen and oxygen atoms in total. The summed E-state index contributed by atoms with van der Waals surface area (Å²) in [6.07, 6.45) is 9.38. The first-order valence-corrected chi connectivity index (χ1v) is 10.2. The van der Waals surface area contributed by atoms with Gasteiger partial charge < -0.3 is 10.2 Å². The van der Waals surface area contributed by atoms with Crippen molar-refractivity contribution in [2.24, 2.45) is 0 Å². The van der Waals surface area contributed by atoms with Crippen molar-refractivity contribution in [3.8, 4) is 0 Å². The maximum absolute atomic E-state index is 13.2. The van der Waals surface area contributed by atoms with Gasteiger partial charge in [0.25, 0.3) is 0 Å². The number of carbonyl (C=O) groups is 2. The summed E-state index contributed by atoms with van der Waals surface area (Å²) in [5.74, 6) is 0.105. The van der Waals surface area contributed by atoms with Gasteiger partial charge in [-0.05, 0) is 38.7 Å². The van der Waals surface area contributed by atoms with E-state index >= 15 is 0 Å². The zero-order chi connectivity index (χ0) is 18.6. The predicted octanol–water partition coefficient (Wildman–Crippen LogP) is 4.36. The van der Waals surface area contributed by atoms with E-state index in [2.05, 4.69) is 5.32 Å².